The minimum Gasteiger partial charge on any atom is -0.382 e. The number of nitrogens with one attached hydrogen (secondary N) is 1. The zero-order valence-electron chi connectivity index (χ0n) is 16.2. The molecule has 6 heteroatoms. The Morgan fingerprint density at radius 2 is 1.96 bits per heavy atom. The maximum absolute atomic E-state index is 11.9. The largest absolute Gasteiger partial charge is 0.382 e. The van der Waals surface area contributed by atoms with Crippen LogP contribution in [-0.4, -0.2) is 37.8 Å². The number of carbonyl (C=O) groups is 1. The van der Waals surface area contributed by atoms with Crippen LogP contribution in [0, 0.1) is 0 Å². The summed E-state index contributed by atoms with van der Waals surface area (Å²) in [4.78, 5) is 16.5. The number of thiazole rings is 1. The highest BCUT2D eigenvalue weighted by Gasteiger charge is 2.14. The van der Waals surface area contributed by atoms with Crippen molar-refractivity contribution in [3.63, 3.8) is 0 Å². The highest BCUT2D eigenvalue weighted by Crippen LogP contribution is 2.33. The van der Waals surface area contributed by atoms with E-state index >= 15 is 0 Å². The zero-order chi connectivity index (χ0) is 19.1. The average Bonchev–Trinajstić information content (AvgIpc) is 3.06. The monoisotopic (exact) mass is 376 g/mol. The normalized spacial score (nSPS) is 11.3. The lowest BCUT2D eigenvalue weighted by Crippen LogP contribution is -2.19. The Morgan fingerprint density at radius 3 is 2.62 bits per heavy atom. The fourth-order valence-electron chi connectivity index (χ4n) is 2.57. The van der Waals surface area contributed by atoms with Gasteiger partial charge in [0.15, 0.2) is 5.13 Å². The Bertz CT molecular complexity index is 726. The Labute approximate surface area is 159 Å². The lowest BCUT2D eigenvalue weighted by Gasteiger charge is -2.15. The van der Waals surface area contributed by atoms with Gasteiger partial charge >= 0.3 is 0 Å². The van der Waals surface area contributed by atoms with E-state index in [2.05, 4.69) is 56.2 Å². The number of ether oxygens (including phenoxy) is 2. The van der Waals surface area contributed by atoms with Crippen molar-refractivity contribution in [3.05, 3.63) is 34.7 Å². The first-order valence-electron chi connectivity index (χ1n) is 8.88. The number of rotatable bonds is 9. The predicted molar refractivity (Wildman–Crippen MR) is 107 cm³/mol. The molecule has 0 saturated carbocycles. The molecule has 0 atom stereocenters. The fourth-order valence-corrected chi connectivity index (χ4v) is 3.30. The quantitative estimate of drug-likeness (QED) is 0.647. The van der Waals surface area contributed by atoms with Crippen molar-refractivity contribution in [2.75, 3.05) is 32.2 Å². The molecule has 2 rings (SSSR count). The van der Waals surface area contributed by atoms with E-state index < -0.39 is 0 Å². The smallest absolute Gasteiger partial charge is 0.252 e. The van der Waals surface area contributed by atoms with Crippen LogP contribution < -0.4 is 5.32 Å². The molecule has 1 heterocycles. The summed E-state index contributed by atoms with van der Waals surface area (Å²) in [6, 6.07) is 6.57. The van der Waals surface area contributed by atoms with Crippen molar-refractivity contribution in [3.8, 4) is 11.3 Å². The van der Waals surface area contributed by atoms with Crippen LogP contribution in [0.2, 0.25) is 0 Å². The van der Waals surface area contributed by atoms with Crippen LogP contribution in [0.1, 0.15) is 50.7 Å². The highest BCUT2D eigenvalue weighted by molar-refractivity contribution is 7.14. The molecule has 0 fully saturated rings. The molecule has 0 radical (unpaired) electrons. The molecule has 1 amide bonds. The predicted octanol–water partition coefficient (Wildman–Crippen LogP) is 4.66. The Morgan fingerprint density at radius 1 is 1.19 bits per heavy atom. The summed E-state index contributed by atoms with van der Waals surface area (Å²) >= 11 is 1.42. The number of hydrogen-bond donors (Lipinski definition) is 1. The lowest BCUT2D eigenvalue weighted by molar-refractivity contribution is -0.121. The van der Waals surface area contributed by atoms with Crippen LogP contribution in [-0.2, 0) is 14.3 Å². The molecule has 0 unspecified atom stereocenters. The minimum atomic E-state index is -0.207. The van der Waals surface area contributed by atoms with Crippen molar-refractivity contribution in [1.29, 1.82) is 0 Å². The van der Waals surface area contributed by atoms with Crippen molar-refractivity contribution < 1.29 is 14.3 Å². The summed E-state index contributed by atoms with van der Waals surface area (Å²) in [5, 5.41) is 5.36. The minimum absolute atomic E-state index is 0.00139. The second kappa shape index (κ2) is 9.80. The number of carbonyl (C=O) groups excluding carboxylic acids is 1. The van der Waals surface area contributed by atoms with Gasteiger partial charge in [0.1, 0.15) is 6.61 Å². The number of anilines is 1. The molecule has 1 aromatic heterocycles. The van der Waals surface area contributed by atoms with Gasteiger partial charge in [-0.25, -0.2) is 4.98 Å². The number of benzene rings is 1. The standard InChI is InChI=1S/C20H28N2O3S/c1-13(2)15-6-7-16(17(10-15)14(3)4)18-12-26-20(21-18)22-19(23)11-25-9-8-24-5/h6-7,10,12-14H,8-9,11H2,1-5H3,(H,21,22,23). The summed E-state index contributed by atoms with van der Waals surface area (Å²) < 4.78 is 10.1. The van der Waals surface area contributed by atoms with Crippen LogP contribution in [0.3, 0.4) is 0 Å². The number of hydrogen-bond acceptors (Lipinski definition) is 5. The molecule has 0 aliphatic rings. The van der Waals surface area contributed by atoms with E-state index in [1.165, 1.54) is 22.5 Å². The van der Waals surface area contributed by atoms with Crippen molar-refractivity contribution in [1.82, 2.24) is 4.98 Å². The summed E-state index contributed by atoms with van der Waals surface area (Å²) in [5.41, 5.74) is 4.62. The van der Waals surface area contributed by atoms with E-state index in [1.807, 2.05) is 5.38 Å². The number of aromatic nitrogens is 1. The summed E-state index contributed by atoms with van der Waals surface area (Å²) in [7, 11) is 1.60. The van der Waals surface area contributed by atoms with Crippen LogP contribution in [0.5, 0.6) is 0 Å². The molecule has 0 spiro atoms. The first kappa shape index (κ1) is 20.6. The number of nitrogens with zero attached hydrogens (tertiary/aromatic N) is 1. The molecule has 142 valence electrons. The molecule has 2 aromatic rings. The maximum atomic E-state index is 11.9. The van der Waals surface area contributed by atoms with Gasteiger partial charge in [-0.3, -0.25) is 10.1 Å². The van der Waals surface area contributed by atoms with Crippen molar-refractivity contribution in [2.24, 2.45) is 0 Å². The van der Waals surface area contributed by atoms with Gasteiger partial charge in [0, 0.05) is 18.1 Å². The SMILES string of the molecule is COCCOCC(=O)Nc1nc(-c2ccc(C(C)C)cc2C(C)C)cs1. The Balaban J connectivity index is 2.10. The topological polar surface area (TPSA) is 60.5 Å². The molecule has 0 aliphatic heterocycles. The zero-order valence-corrected chi connectivity index (χ0v) is 17.0. The molecular weight excluding hydrogens is 348 g/mol. The first-order chi connectivity index (χ1) is 12.4. The highest BCUT2D eigenvalue weighted by atomic mass is 32.1. The maximum Gasteiger partial charge on any atom is 0.252 e. The van der Waals surface area contributed by atoms with Gasteiger partial charge in [-0.1, -0.05) is 45.9 Å². The second-order valence-electron chi connectivity index (χ2n) is 6.79. The van der Waals surface area contributed by atoms with Crippen LogP contribution >= 0.6 is 11.3 Å². The molecule has 0 saturated heterocycles. The van der Waals surface area contributed by atoms with Gasteiger partial charge in [-0.05, 0) is 23.0 Å². The third-order valence-corrected chi connectivity index (χ3v) is 4.81. The molecule has 5 nitrogen and oxygen atoms in total. The van der Waals surface area contributed by atoms with Crippen LogP contribution in [0.15, 0.2) is 23.6 Å². The Kier molecular flexibility index (Phi) is 7.75. The molecular formula is C20H28N2O3S. The van der Waals surface area contributed by atoms with E-state index in [0.717, 1.165) is 11.3 Å². The van der Waals surface area contributed by atoms with E-state index in [0.29, 0.717) is 30.2 Å². The van der Waals surface area contributed by atoms with E-state index in [1.54, 1.807) is 7.11 Å². The number of amides is 1. The van der Waals surface area contributed by atoms with E-state index in [4.69, 9.17) is 9.47 Å². The molecule has 1 aromatic carbocycles. The summed E-state index contributed by atoms with van der Waals surface area (Å²) in [6.07, 6.45) is 0. The van der Waals surface area contributed by atoms with Gasteiger partial charge in [0.25, 0.3) is 5.91 Å². The van der Waals surface area contributed by atoms with Crippen LogP contribution in [0.4, 0.5) is 5.13 Å². The second-order valence-corrected chi connectivity index (χ2v) is 7.65. The summed E-state index contributed by atoms with van der Waals surface area (Å²) in [6.45, 7) is 9.64. The molecule has 26 heavy (non-hydrogen) atoms. The molecule has 0 aliphatic carbocycles. The first-order valence-corrected chi connectivity index (χ1v) is 9.76. The third kappa shape index (κ3) is 5.62. The number of methoxy groups -OCH3 is 1. The fraction of sp³-hybridized carbons (Fsp3) is 0.500. The van der Waals surface area contributed by atoms with Gasteiger partial charge in [-0.15, -0.1) is 11.3 Å². The van der Waals surface area contributed by atoms with Gasteiger partial charge in [-0.2, -0.15) is 0 Å². The molecule has 0 bridgehead atoms. The summed E-state index contributed by atoms with van der Waals surface area (Å²) in [5.74, 6) is 0.684. The third-order valence-electron chi connectivity index (χ3n) is 4.06. The average molecular weight is 377 g/mol. The van der Waals surface area contributed by atoms with Crippen molar-refractivity contribution >= 4 is 22.4 Å². The Hall–Kier alpha value is -1.76. The van der Waals surface area contributed by atoms with E-state index in [9.17, 15) is 4.79 Å². The van der Waals surface area contributed by atoms with Gasteiger partial charge < -0.3 is 9.47 Å². The van der Waals surface area contributed by atoms with Crippen LogP contribution in [0.25, 0.3) is 11.3 Å². The van der Waals surface area contributed by atoms with Gasteiger partial charge in [0.05, 0.1) is 18.9 Å². The molecule has 1 N–H and O–H groups in total. The van der Waals surface area contributed by atoms with E-state index in [-0.39, 0.29) is 12.5 Å². The van der Waals surface area contributed by atoms with Crippen molar-refractivity contribution in [2.45, 2.75) is 39.5 Å². The lowest BCUT2D eigenvalue weighted by atomic mass is 9.90. The van der Waals surface area contributed by atoms with Gasteiger partial charge in [0.2, 0.25) is 0 Å².